The van der Waals surface area contributed by atoms with Gasteiger partial charge in [0.15, 0.2) is 11.2 Å². The summed E-state index contributed by atoms with van der Waals surface area (Å²) in [6, 6.07) is 70.5. The minimum atomic E-state index is 0.787. The quantitative estimate of drug-likeness (QED) is 0.169. The monoisotopic (exact) mass is 736 g/mol. The van der Waals surface area contributed by atoms with Crippen molar-refractivity contribution >= 4 is 97.7 Å². The maximum absolute atomic E-state index is 7.07. The average Bonchev–Trinajstić information content (AvgIpc) is 3.88. The van der Waals surface area contributed by atoms with Crippen molar-refractivity contribution in [3.63, 3.8) is 0 Å². The molecule has 0 N–H and O–H groups in total. The van der Waals surface area contributed by atoms with Crippen molar-refractivity contribution < 1.29 is 8.83 Å². The molecule has 2 heterocycles. The molecule has 2 heteroatoms. The third-order valence-corrected chi connectivity index (χ3v) is 12.4. The summed E-state index contributed by atoms with van der Waals surface area (Å²) in [7, 11) is 0. The highest BCUT2D eigenvalue weighted by atomic mass is 16.4. The fraction of sp³-hybridized carbons (Fsp3) is 0. The molecule has 0 amide bonds. The molecule has 0 spiro atoms. The molecule has 13 rings (SSSR count). The molecule has 0 bridgehead atoms. The summed E-state index contributed by atoms with van der Waals surface area (Å²) < 4.78 is 13.7. The molecule has 11 aromatic carbocycles. The number of benzene rings is 11. The van der Waals surface area contributed by atoms with Crippen LogP contribution in [0.15, 0.2) is 203 Å². The van der Waals surface area contributed by atoms with Gasteiger partial charge in [0.05, 0.1) is 0 Å². The van der Waals surface area contributed by atoms with Crippen LogP contribution in [0.4, 0.5) is 0 Å². The first-order valence-corrected chi connectivity index (χ1v) is 19.9. The van der Waals surface area contributed by atoms with Gasteiger partial charge in [-0.15, -0.1) is 0 Å². The highest BCUT2D eigenvalue weighted by Gasteiger charge is 2.23. The van der Waals surface area contributed by atoms with Crippen molar-refractivity contribution in [3.8, 4) is 33.4 Å². The molecule has 2 nitrogen and oxygen atoms in total. The van der Waals surface area contributed by atoms with Gasteiger partial charge in [0, 0.05) is 27.1 Å². The summed E-state index contributed by atoms with van der Waals surface area (Å²) in [6.07, 6.45) is 0. The number of fused-ring (bicyclic) bond motifs is 14. The van der Waals surface area contributed by atoms with Crippen LogP contribution in [0.5, 0.6) is 0 Å². The zero-order valence-electron chi connectivity index (χ0n) is 31.3. The summed E-state index contributed by atoms with van der Waals surface area (Å²) >= 11 is 0. The molecule has 0 aliphatic rings. The highest BCUT2D eigenvalue weighted by Crippen LogP contribution is 2.49. The lowest BCUT2D eigenvalue weighted by Gasteiger charge is -2.19. The van der Waals surface area contributed by atoms with Crippen molar-refractivity contribution in [3.05, 3.63) is 194 Å². The zero-order valence-corrected chi connectivity index (χ0v) is 31.3. The van der Waals surface area contributed by atoms with Crippen LogP contribution in [0, 0.1) is 0 Å². The lowest BCUT2D eigenvalue weighted by atomic mass is 9.84. The van der Waals surface area contributed by atoms with Crippen molar-refractivity contribution in [2.75, 3.05) is 0 Å². The van der Waals surface area contributed by atoms with E-state index < -0.39 is 0 Å². The van der Waals surface area contributed by atoms with Crippen LogP contribution >= 0.6 is 0 Å². The van der Waals surface area contributed by atoms with Crippen molar-refractivity contribution in [2.24, 2.45) is 0 Å². The molecule has 0 aliphatic heterocycles. The van der Waals surface area contributed by atoms with Gasteiger partial charge < -0.3 is 8.83 Å². The summed E-state index contributed by atoms with van der Waals surface area (Å²) in [5.41, 5.74) is 10.3. The van der Waals surface area contributed by atoms with Crippen molar-refractivity contribution in [2.45, 2.75) is 0 Å². The van der Waals surface area contributed by atoms with E-state index in [1.54, 1.807) is 0 Å². The fourth-order valence-electron chi connectivity index (χ4n) is 9.82. The van der Waals surface area contributed by atoms with Gasteiger partial charge in [-0.3, -0.25) is 0 Å². The number of hydrogen-bond acceptors (Lipinski definition) is 2. The van der Waals surface area contributed by atoms with Crippen LogP contribution in [-0.2, 0) is 0 Å². The predicted molar refractivity (Wildman–Crippen MR) is 245 cm³/mol. The molecule has 0 saturated heterocycles. The lowest BCUT2D eigenvalue weighted by Crippen LogP contribution is -1.92. The van der Waals surface area contributed by atoms with Gasteiger partial charge in [-0.2, -0.15) is 0 Å². The standard InChI is InChI=1S/C56H32O2/c1-3-14-35-30-38(26-24-33(35)12-1)50-41-16-5-6-17-42(41)51(39-27-25-34-13-2-4-15-36(34)31-39)48-32-37(28-29-45(48)50)40-21-11-22-47-53-44-19-8-7-18-43(44)52-46-20-9-10-23-49(46)57-55(52)56(53)58-54(40)47/h1-32H. The topological polar surface area (TPSA) is 26.3 Å². The molecular formula is C56H32O2. The summed E-state index contributed by atoms with van der Waals surface area (Å²) in [6.45, 7) is 0. The van der Waals surface area contributed by atoms with Gasteiger partial charge >= 0.3 is 0 Å². The smallest absolute Gasteiger partial charge is 0.179 e. The molecule has 0 saturated carbocycles. The van der Waals surface area contributed by atoms with Crippen LogP contribution in [-0.4, -0.2) is 0 Å². The molecule has 2 aromatic heterocycles. The van der Waals surface area contributed by atoms with E-state index in [4.69, 9.17) is 8.83 Å². The van der Waals surface area contributed by atoms with Crippen LogP contribution in [0.3, 0.4) is 0 Å². The van der Waals surface area contributed by atoms with Gasteiger partial charge in [-0.1, -0.05) is 170 Å². The summed E-state index contributed by atoms with van der Waals surface area (Å²) in [5.74, 6) is 0. The van der Waals surface area contributed by atoms with E-state index in [9.17, 15) is 0 Å². The van der Waals surface area contributed by atoms with E-state index in [0.29, 0.717) is 0 Å². The van der Waals surface area contributed by atoms with E-state index in [2.05, 4.69) is 182 Å². The van der Waals surface area contributed by atoms with Gasteiger partial charge in [0.25, 0.3) is 0 Å². The van der Waals surface area contributed by atoms with Crippen LogP contribution < -0.4 is 0 Å². The molecule has 58 heavy (non-hydrogen) atoms. The first-order chi connectivity index (χ1) is 28.8. The Morgan fingerprint density at radius 3 is 1.41 bits per heavy atom. The van der Waals surface area contributed by atoms with E-state index in [1.807, 2.05) is 12.1 Å². The third-order valence-electron chi connectivity index (χ3n) is 12.4. The molecule has 0 atom stereocenters. The summed E-state index contributed by atoms with van der Waals surface area (Å²) in [5, 5.41) is 16.5. The Kier molecular flexibility index (Phi) is 6.47. The Labute approximate surface area is 332 Å². The van der Waals surface area contributed by atoms with Gasteiger partial charge in [-0.25, -0.2) is 0 Å². The van der Waals surface area contributed by atoms with Gasteiger partial charge in [-0.05, 0) is 106 Å². The predicted octanol–water partition coefficient (Wildman–Crippen LogP) is 16.3. The molecule has 0 fully saturated rings. The molecule has 0 aliphatic carbocycles. The van der Waals surface area contributed by atoms with E-state index >= 15 is 0 Å². The van der Waals surface area contributed by atoms with Crippen LogP contribution in [0.2, 0.25) is 0 Å². The first kappa shape index (κ1) is 31.5. The zero-order chi connectivity index (χ0) is 37.9. The minimum absolute atomic E-state index is 0.787. The summed E-state index contributed by atoms with van der Waals surface area (Å²) in [4.78, 5) is 0. The maximum Gasteiger partial charge on any atom is 0.179 e. The highest BCUT2D eigenvalue weighted by molar-refractivity contribution is 6.34. The Bertz CT molecular complexity index is 3860. The second kappa shape index (κ2) is 11.9. The lowest BCUT2D eigenvalue weighted by molar-refractivity contribution is 0.634. The third kappa shape index (κ3) is 4.43. The Balaban J connectivity index is 1.14. The molecule has 0 unspecified atom stereocenters. The number of para-hydroxylation sites is 2. The molecular weight excluding hydrogens is 705 g/mol. The van der Waals surface area contributed by atoms with Crippen LogP contribution in [0.25, 0.3) is 131 Å². The van der Waals surface area contributed by atoms with Crippen molar-refractivity contribution in [1.29, 1.82) is 0 Å². The van der Waals surface area contributed by atoms with E-state index in [-0.39, 0.29) is 0 Å². The van der Waals surface area contributed by atoms with E-state index in [1.165, 1.54) is 70.7 Å². The molecule has 0 radical (unpaired) electrons. The molecule has 13 aromatic rings. The number of furan rings is 2. The first-order valence-electron chi connectivity index (χ1n) is 19.9. The average molecular weight is 737 g/mol. The molecule has 268 valence electrons. The van der Waals surface area contributed by atoms with E-state index in [0.717, 1.165) is 60.4 Å². The normalized spacial score (nSPS) is 12.1. The minimum Gasteiger partial charge on any atom is -0.452 e. The maximum atomic E-state index is 7.07. The Hall–Kier alpha value is -7.68. The SMILES string of the molecule is c1ccc2cc(-c3c4ccccc4c(-c4ccc5ccccc5c4)c4cc(-c5cccc6c5oc5c7oc8ccccc8c7c7ccccc7c65)ccc34)ccc2c1. The second-order valence-corrected chi connectivity index (χ2v) is 15.5. The van der Waals surface area contributed by atoms with Crippen molar-refractivity contribution in [1.82, 2.24) is 0 Å². The Morgan fingerprint density at radius 2 is 0.741 bits per heavy atom. The number of hydrogen-bond donors (Lipinski definition) is 0. The largest absolute Gasteiger partial charge is 0.452 e. The Morgan fingerprint density at radius 1 is 0.259 bits per heavy atom. The van der Waals surface area contributed by atoms with Gasteiger partial charge in [0.1, 0.15) is 11.2 Å². The fourth-order valence-corrected chi connectivity index (χ4v) is 9.82. The second-order valence-electron chi connectivity index (χ2n) is 15.5. The van der Waals surface area contributed by atoms with Crippen LogP contribution in [0.1, 0.15) is 0 Å². The van der Waals surface area contributed by atoms with Gasteiger partial charge in [0.2, 0.25) is 0 Å². The number of rotatable bonds is 3.